The molecule has 19 heavy (non-hydrogen) atoms. The highest BCUT2D eigenvalue weighted by Gasteiger charge is 2.06. The Labute approximate surface area is 125 Å². The summed E-state index contributed by atoms with van der Waals surface area (Å²) in [7, 11) is 0. The summed E-state index contributed by atoms with van der Waals surface area (Å²) in [6, 6.07) is 17.5. The van der Waals surface area contributed by atoms with Gasteiger partial charge in [0.2, 0.25) is 0 Å². The molecule has 0 radical (unpaired) electrons. The first-order valence-corrected chi connectivity index (χ1v) is 7.83. The molecule has 0 aliphatic rings. The molecule has 0 N–H and O–H groups in total. The van der Waals surface area contributed by atoms with Crippen LogP contribution in [0.4, 0.5) is 0 Å². The molecule has 1 heteroatoms. The van der Waals surface area contributed by atoms with Gasteiger partial charge in [-0.1, -0.05) is 75.6 Å². The Kier molecular flexibility index (Phi) is 5.21. The van der Waals surface area contributed by atoms with Crippen LogP contribution in [0.25, 0.3) is 0 Å². The van der Waals surface area contributed by atoms with E-state index < -0.39 is 0 Å². The second-order valence-corrected chi connectivity index (χ2v) is 6.37. The van der Waals surface area contributed by atoms with Crippen LogP contribution >= 0.6 is 15.9 Å². The Balaban J connectivity index is 1.86. The zero-order valence-electron chi connectivity index (χ0n) is 11.7. The lowest BCUT2D eigenvalue weighted by Gasteiger charge is -2.10. The molecule has 0 fully saturated rings. The molecule has 0 heterocycles. The minimum Gasteiger partial charge on any atom is -0.0839 e. The van der Waals surface area contributed by atoms with Gasteiger partial charge in [0.1, 0.15) is 0 Å². The largest absolute Gasteiger partial charge is 0.0839 e. The van der Waals surface area contributed by atoms with Crippen molar-refractivity contribution in [3.8, 4) is 0 Å². The number of rotatable bonds is 5. The second kappa shape index (κ2) is 6.91. The maximum absolute atomic E-state index is 3.79. The lowest BCUT2D eigenvalue weighted by molar-refractivity contribution is 0.729. The van der Waals surface area contributed by atoms with Gasteiger partial charge >= 0.3 is 0 Å². The summed E-state index contributed by atoms with van der Waals surface area (Å²) in [5.41, 5.74) is 5.58. The van der Waals surface area contributed by atoms with Crippen LogP contribution in [0.3, 0.4) is 0 Å². The van der Waals surface area contributed by atoms with Crippen molar-refractivity contribution in [1.29, 1.82) is 0 Å². The molecule has 1 atom stereocenters. The van der Waals surface area contributed by atoms with Gasteiger partial charge in [-0.05, 0) is 44.2 Å². The Morgan fingerprint density at radius 1 is 0.947 bits per heavy atom. The Morgan fingerprint density at radius 3 is 2.21 bits per heavy atom. The molecule has 2 aromatic rings. The Hall–Kier alpha value is -1.08. The fourth-order valence-corrected chi connectivity index (χ4v) is 3.16. The molecule has 0 amide bonds. The van der Waals surface area contributed by atoms with Crippen molar-refractivity contribution in [3.63, 3.8) is 0 Å². The lowest BCUT2D eigenvalue weighted by atomic mass is 10.0. The maximum Gasteiger partial charge on any atom is 0.0395 e. The van der Waals surface area contributed by atoms with E-state index in [0.29, 0.717) is 4.83 Å². The number of aryl methyl sites for hydroxylation is 3. The van der Waals surface area contributed by atoms with Gasteiger partial charge in [0.05, 0.1) is 0 Å². The molecule has 0 aliphatic carbocycles. The summed E-state index contributed by atoms with van der Waals surface area (Å²) in [6.45, 7) is 4.35. The summed E-state index contributed by atoms with van der Waals surface area (Å²) in [5.74, 6) is 0. The summed E-state index contributed by atoms with van der Waals surface area (Å²) < 4.78 is 0. The molecule has 0 spiro atoms. The van der Waals surface area contributed by atoms with Crippen LogP contribution in [0, 0.1) is 13.8 Å². The van der Waals surface area contributed by atoms with Crippen molar-refractivity contribution >= 4 is 15.9 Å². The van der Waals surface area contributed by atoms with Crippen LogP contribution in [0.2, 0.25) is 0 Å². The van der Waals surface area contributed by atoms with Gasteiger partial charge in [-0.25, -0.2) is 0 Å². The molecule has 0 aromatic heterocycles. The highest BCUT2D eigenvalue weighted by Crippen LogP contribution is 2.28. The van der Waals surface area contributed by atoms with Gasteiger partial charge in [-0.2, -0.15) is 0 Å². The molecular formula is C18H21Br. The zero-order valence-corrected chi connectivity index (χ0v) is 13.3. The lowest BCUT2D eigenvalue weighted by Crippen LogP contribution is -1.93. The van der Waals surface area contributed by atoms with Crippen LogP contribution < -0.4 is 0 Å². The van der Waals surface area contributed by atoms with Crippen molar-refractivity contribution in [3.05, 3.63) is 70.8 Å². The summed E-state index contributed by atoms with van der Waals surface area (Å²) in [6.07, 6.45) is 3.56. The molecule has 2 rings (SSSR count). The SMILES string of the molecule is Cc1cc(C)cc(CCCC(Br)c2ccccc2)c1. The van der Waals surface area contributed by atoms with E-state index in [-0.39, 0.29) is 0 Å². The van der Waals surface area contributed by atoms with Crippen LogP contribution in [0.1, 0.15) is 39.9 Å². The fraction of sp³-hybridized carbons (Fsp3) is 0.333. The third kappa shape index (κ3) is 4.50. The summed E-state index contributed by atoms with van der Waals surface area (Å²) >= 11 is 3.79. The van der Waals surface area contributed by atoms with Gasteiger partial charge in [0.15, 0.2) is 0 Å². The van der Waals surface area contributed by atoms with E-state index in [1.165, 1.54) is 35.1 Å². The van der Waals surface area contributed by atoms with Crippen molar-refractivity contribution in [1.82, 2.24) is 0 Å². The van der Waals surface area contributed by atoms with Crippen molar-refractivity contribution in [2.45, 2.75) is 37.9 Å². The first-order chi connectivity index (χ1) is 9.15. The Bertz CT molecular complexity index is 496. The van der Waals surface area contributed by atoms with E-state index in [2.05, 4.69) is 78.3 Å². The number of hydrogen-bond donors (Lipinski definition) is 0. The van der Waals surface area contributed by atoms with E-state index in [1.807, 2.05) is 0 Å². The van der Waals surface area contributed by atoms with E-state index >= 15 is 0 Å². The van der Waals surface area contributed by atoms with E-state index in [9.17, 15) is 0 Å². The zero-order chi connectivity index (χ0) is 13.7. The first kappa shape index (κ1) is 14.3. The van der Waals surface area contributed by atoms with Crippen molar-refractivity contribution in [2.75, 3.05) is 0 Å². The third-order valence-electron chi connectivity index (χ3n) is 3.37. The fourth-order valence-electron chi connectivity index (χ4n) is 2.53. The van der Waals surface area contributed by atoms with E-state index in [1.54, 1.807) is 0 Å². The van der Waals surface area contributed by atoms with E-state index in [0.717, 1.165) is 6.42 Å². The predicted molar refractivity (Wildman–Crippen MR) is 87.0 cm³/mol. The minimum atomic E-state index is 0.472. The molecular weight excluding hydrogens is 296 g/mol. The minimum absolute atomic E-state index is 0.472. The summed E-state index contributed by atoms with van der Waals surface area (Å²) in [4.78, 5) is 0.472. The normalized spacial score (nSPS) is 12.4. The van der Waals surface area contributed by atoms with Gasteiger partial charge in [0, 0.05) is 4.83 Å². The smallest absolute Gasteiger partial charge is 0.0395 e. The van der Waals surface area contributed by atoms with Crippen molar-refractivity contribution < 1.29 is 0 Å². The van der Waals surface area contributed by atoms with Gasteiger partial charge in [0.25, 0.3) is 0 Å². The van der Waals surface area contributed by atoms with Crippen LogP contribution in [-0.2, 0) is 6.42 Å². The third-order valence-corrected chi connectivity index (χ3v) is 4.35. The first-order valence-electron chi connectivity index (χ1n) is 6.91. The maximum atomic E-state index is 3.79. The number of hydrogen-bond acceptors (Lipinski definition) is 0. The monoisotopic (exact) mass is 316 g/mol. The topological polar surface area (TPSA) is 0 Å². The number of alkyl halides is 1. The highest BCUT2D eigenvalue weighted by atomic mass is 79.9. The van der Waals surface area contributed by atoms with E-state index in [4.69, 9.17) is 0 Å². The van der Waals surface area contributed by atoms with Crippen LogP contribution in [-0.4, -0.2) is 0 Å². The Morgan fingerprint density at radius 2 is 1.58 bits per heavy atom. The number of halogens is 1. The molecule has 0 saturated carbocycles. The number of benzene rings is 2. The molecule has 0 saturated heterocycles. The molecule has 100 valence electrons. The standard InChI is InChI=1S/C18H21Br/c1-14-11-15(2)13-16(12-14)7-6-10-18(19)17-8-4-3-5-9-17/h3-5,8-9,11-13,18H,6-7,10H2,1-2H3. The van der Waals surface area contributed by atoms with Gasteiger partial charge in [-0.15, -0.1) is 0 Å². The molecule has 0 bridgehead atoms. The average molecular weight is 317 g/mol. The van der Waals surface area contributed by atoms with Crippen LogP contribution in [0.15, 0.2) is 48.5 Å². The van der Waals surface area contributed by atoms with Gasteiger partial charge < -0.3 is 0 Å². The molecule has 0 nitrogen and oxygen atoms in total. The second-order valence-electron chi connectivity index (χ2n) is 5.27. The molecule has 0 aliphatic heterocycles. The average Bonchev–Trinajstić information content (AvgIpc) is 2.38. The van der Waals surface area contributed by atoms with Gasteiger partial charge in [-0.3, -0.25) is 0 Å². The highest BCUT2D eigenvalue weighted by molar-refractivity contribution is 9.09. The predicted octanol–water partition coefficient (Wildman–Crippen LogP) is 5.76. The summed E-state index contributed by atoms with van der Waals surface area (Å²) in [5, 5.41) is 0. The van der Waals surface area contributed by atoms with Crippen LogP contribution in [0.5, 0.6) is 0 Å². The van der Waals surface area contributed by atoms with Crippen molar-refractivity contribution in [2.24, 2.45) is 0 Å². The quantitative estimate of drug-likeness (QED) is 0.615. The molecule has 1 unspecified atom stereocenters. The molecule has 2 aromatic carbocycles.